The lowest BCUT2D eigenvalue weighted by molar-refractivity contribution is 0.223. The van der Waals surface area contributed by atoms with Crippen LogP contribution in [0.3, 0.4) is 0 Å². The second-order valence-electron chi connectivity index (χ2n) is 9.30. The quantitative estimate of drug-likeness (QED) is 0.200. The smallest absolute Gasteiger partial charge is 0.222 e. The van der Waals surface area contributed by atoms with Gasteiger partial charge in [-0.3, -0.25) is 4.98 Å². The molecule has 0 amide bonds. The summed E-state index contributed by atoms with van der Waals surface area (Å²) < 4.78 is 11.6. The molecule has 0 fully saturated rings. The second kappa shape index (κ2) is 12.4. The van der Waals surface area contributed by atoms with Gasteiger partial charge in [0.05, 0.1) is 29.6 Å². The van der Waals surface area contributed by atoms with Crippen LogP contribution in [0.5, 0.6) is 11.5 Å². The summed E-state index contributed by atoms with van der Waals surface area (Å²) in [5.74, 6) is 2.21. The SMILES string of the molecule is CCN(CC)CCOc1ccc(-c2nc(N)nc(Nc3ccccc3OC)c2-c2cnc3ccccc3c2)cc1. The first-order valence-electron chi connectivity index (χ1n) is 13.5. The number of methoxy groups -OCH3 is 1. The minimum atomic E-state index is 0.157. The molecule has 8 heteroatoms. The van der Waals surface area contributed by atoms with E-state index < -0.39 is 0 Å². The molecule has 0 aliphatic heterocycles. The lowest BCUT2D eigenvalue weighted by atomic mass is 9.99. The zero-order valence-corrected chi connectivity index (χ0v) is 23.1. The Morgan fingerprint density at radius 1 is 0.875 bits per heavy atom. The van der Waals surface area contributed by atoms with Gasteiger partial charge in [-0.1, -0.05) is 44.2 Å². The summed E-state index contributed by atoms with van der Waals surface area (Å²) in [7, 11) is 1.64. The van der Waals surface area contributed by atoms with Gasteiger partial charge in [0, 0.05) is 29.3 Å². The molecule has 5 rings (SSSR count). The number of fused-ring (bicyclic) bond motifs is 1. The number of rotatable bonds is 11. The van der Waals surface area contributed by atoms with Gasteiger partial charge < -0.3 is 25.4 Å². The Balaban J connectivity index is 1.57. The Morgan fingerprint density at radius 3 is 2.40 bits per heavy atom. The van der Waals surface area contributed by atoms with Crippen molar-refractivity contribution in [2.75, 3.05) is 44.4 Å². The molecule has 40 heavy (non-hydrogen) atoms. The molecule has 0 unspecified atom stereocenters. The van der Waals surface area contributed by atoms with Crippen LogP contribution < -0.4 is 20.5 Å². The fourth-order valence-electron chi connectivity index (χ4n) is 4.68. The number of nitrogens with one attached hydrogen (secondary N) is 1. The van der Waals surface area contributed by atoms with Crippen molar-refractivity contribution in [1.29, 1.82) is 0 Å². The summed E-state index contributed by atoms with van der Waals surface area (Å²) >= 11 is 0. The van der Waals surface area contributed by atoms with Crippen LogP contribution in [-0.2, 0) is 0 Å². The highest BCUT2D eigenvalue weighted by molar-refractivity contribution is 5.94. The van der Waals surface area contributed by atoms with Crippen LogP contribution >= 0.6 is 0 Å². The first-order chi connectivity index (χ1) is 19.6. The standard InChI is InChI=1S/C32H34N6O2/c1-4-38(5-2)18-19-40-25-16-14-22(15-17-25)30-29(24-20-23-10-6-7-11-26(23)34-21-24)31(37-32(33)36-30)35-27-12-8-9-13-28(27)39-3/h6-17,20-21H,4-5,18-19H2,1-3H3,(H3,33,35,36,37). The lowest BCUT2D eigenvalue weighted by Crippen LogP contribution is -2.27. The maximum Gasteiger partial charge on any atom is 0.222 e. The molecule has 0 aliphatic rings. The normalized spacial score (nSPS) is 11.1. The molecule has 0 saturated carbocycles. The molecule has 3 N–H and O–H groups in total. The van der Waals surface area contributed by atoms with Gasteiger partial charge in [-0.05, 0) is 61.6 Å². The first-order valence-corrected chi connectivity index (χ1v) is 13.5. The van der Waals surface area contributed by atoms with E-state index in [9.17, 15) is 0 Å². The predicted octanol–water partition coefficient (Wildman–Crippen LogP) is 6.41. The van der Waals surface area contributed by atoms with Crippen LogP contribution in [0.25, 0.3) is 33.3 Å². The van der Waals surface area contributed by atoms with Gasteiger partial charge in [0.2, 0.25) is 5.95 Å². The molecule has 3 aromatic carbocycles. The van der Waals surface area contributed by atoms with E-state index in [1.807, 2.05) is 79.0 Å². The van der Waals surface area contributed by atoms with Crippen molar-refractivity contribution in [3.63, 3.8) is 0 Å². The van der Waals surface area contributed by atoms with E-state index in [1.165, 1.54) is 0 Å². The van der Waals surface area contributed by atoms with Gasteiger partial charge >= 0.3 is 0 Å². The minimum absolute atomic E-state index is 0.157. The molecule has 0 aliphatic carbocycles. The molecule has 2 heterocycles. The Morgan fingerprint density at radius 2 is 1.62 bits per heavy atom. The van der Waals surface area contributed by atoms with Crippen LogP contribution in [0.1, 0.15) is 13.8 Å². The van der Waals surface area contributed by atoms with Crippen molar-refractivity contribution in [2.45, 2.75) is 13.8 Å². The van der Waals surface area contributed by atoms with E-state index in [0.29, 0.717) is 23.9 Å². The van der Waals surface area contributed by atoms with Gasteiger partial charge in [0.1, 0.15) is 23.9 Å². The topological polar surface area (TPSA) is 98.4 Å². The Hall–Kier alpha value is -4.69. The molecule has 0 radical (unpaired) electrons. The highest BCUT2D eigenvalue weighted by Crippen LogP contribution is 2.39. The molecule has 2 aromatic heterocycles. The molecule has 204 valence electrons. The average Bonchev–Trinajstić information content (AvgIpc) is 2.99. The molecule has 8 nitrogen and oxygen atoms in total. The number of aromatic nitrogens is 3. The zero-order chi connectivity index (χ0) is 27.9. The van der Waals surface area contributed by atoms with Crippen LogP contribution in [0, 0.1) is 0 Å². The molecular weight excluding hydrogens is 500 g/mol. The number of ether oxygens (including phenoxy) is 2. The van der Waals surface area contributed by atoms with Crippen molar-refractivity contribution < 1.29 is 9.47 Å². The number of anilines is 3. The number of hydrogen-bond donors (Lipinski definition) is 2. The molecule has 5 aromatic rings. The number of nitrogens with two attached hydrogens (primary N) is 1. The summed E-state index contributed by atoms with van der Waals surface area (Å²) in [6.07, 6.45) is 1.85. The Kier molecular flexibility index (Phi) is 8.37. The third-order valence-corrected chi connectivity index (χ3v) is 6.86. The van der Waals surface area contributed by atoms with Crippen molar-refractivity contribution in [2.24, 2.45) is 0 Å². The largest absolute Gasteiger partial charge is 0.495 e. The highest BCUT2D eigenvalue weighted by Gasteiger charge is 2.19. The minimum Gasteiger partial charge on any atom is -0.495 e. The van der Waals surface area contributed by atoms with Gasteiger partial charge in [-0.2, -0.15) is 4.98 Å². The third kappa shape index (κ3) is 5.97. The first kappa shape index (κ1) is 26.9. The van der Waals surface area contributed by atoms with Crippen LogP contribution in [0.4, 0.5) is 17.5 Å². The molecule has 0 saturated heterocycles. The molecule has 0 bridgehead atoms. The third-order valence-electron chi connectivity index (χ3n) is 6.86. The molecule has 0 spiro atoms. The summed E-state index contributed by atoms with van der Waals surface area (Å²) in [6.45, 7) is 7.84. The fraction of sp³-hybridized carbons (Fsp3) is 0.219. The maximum atomic E-state index is 6.27. The summed E-state index contributed by atoms with van der Waals surface area (Å²) in [5.41, 5.74) is 11.2. The summed E-state index contributed by atoms with van der Waals surface area (Å²) in [4.78, 5) is 16.4. The predicted molar refractivity (Wildman–Crippen MR) is 162 cm³/mol. The Labute approximate surface area is 234 Å². The van der Waals surface area contributed by atoms with E-state index in [1.54, 1.807) is 7.11 Å². The van der Waals surface area contributed by atoms with Crippen molar-refractivity contribution in [1.82, 2.24) is 19.9 Å². The molecular formula is C32H34N6O2. The van der Waals surface area contributed by atoms with Crippen LogP contribution in [0.15, 0.2) is 85.1 Å². The highest BCUT2D eigenvalue weighted by atomic mass is 16.5. The fourth-order valence-corrected chi connectivity index (χ4v) is 4.68. The summed E-state index contributed by atoms with van der Waals surface area (Å²) in [5, 5.41) is 4.45. The lowest BCUT2D eigenvalue weighted by Gasteiger charge is -2.19. The van der Waals surface area contributed by atoms with Crippen molar-refractivity contribution >= 4 is 28.4 Å². The van der Waals surface area contributed by atoms with E-state index in [-0.39, 0.29) is 5.95 Å². The summed E-state index contributed by atoms with van der Waals surface area (Å²) in [6, 6.07) is 25.7. The average molecular weight is 535 g/mol. The number of para-hydroxylation sites is 3. The van der Waals surface area contributed by atoms with Gasteiger partial charge in [-0.15, -0.1) is 0 Å². The number of nitrogens with zero attached hydrogens (tertiary/aromatic N) is 4. The number of pyridine rings is 1. The number of likely N-dealkylation sites (N-methyl/N-ethyl adjacent to an activating group) is 1. The number of benzene rings is 3. The zero-order valence-electron chi connectivity index (χ0n) is 23.1. The van der Waals surface area contributed by atoms with E-state index in [2.05, 4.69) is 35.1 Å². The monoisotopic (exact) mass is 534 g/mol. The maximum absolute atomic E-state index is 6.27. The number of nitrogen functional groups attached to an aromatic ring is 1. The van der Waals surface area contributed by atoms with Crippen molar-refractivity contribution in [3.8, 4) is 33.9 Å². The van der Waals surface area contributed by atoms with E-state index >= 15 is 0 Å². The Bertz CT molecular complexity index is 1590. The van der Waals surface area contributed by atoms with Crippen molar-refractivity contribution in [3.05, 3.63) is 85.1 Å². The van der Waals surface area contributed by atoms with E-state index in [0.717, 1.165) is 58.7 Å². The molecule has 0 atom stereocenters. The van der Waals surface area contributed by atoms with Gasteiger partial charge in [0.25, 0.3) is 0 Å². The number of hydrogen-bond acceptors (Lipinski definition) is 8. The van der Waals surface area contributed by atoms with Gasteiger partial charge in [0.15, 0.2) is 0 Å². The van der Waals surface area contributed by atoms with Gasteiger partial charge in [-0.25, -0.2) is 4.98 Å². The van der Waals surface area contributed by atoms with Crippen LogP contribution in [-0.4, -0.2) is 53.2 Å². The van der Waals surface area contributed by atoms with E-state index in [4.69, 9.17) is 25.2 Å². The van der Waals surface area contributed by atoms with Crippen LogP contribution in [0.2, 0.25) is 0 Å². The second-order valence-corrected chi connectivity index (χ2v) is 9.30.